The minimum atomic E-state index is 0.0229. The molecule has 21 heavy (non-hydrogen) atoms. The molecule has 0 saturated carbocycles. The Labute approximate surface area is 128 Å². The minimum absolute atomic E-state index is 0.0229. The Morgan fingerprint density at radius 1 is 1.48 bits per heavy atom. The first-order valence-corrected chi connectivity index (χ1v) is 8.17. The van der Waals surface area contributed by atoms with Crippen molar-refractivity contribution in [2.75, 3.05) is 18.4 Å². The summed E-state index contributed by atoms with van der Waals surface area (Å²) in [5.41, 5.74) is 0. The number of anilines is 1. The smallest absolute Gasteiger partial charge is 0.322 e. The molecule has 1 fully saturated rings. The molecule has 2 amide bonds. The van der Waals surface area contributed by atoms with Crippen LogP contribution in [-0.2, 0) is 6.54 Å². The SMILES string of the molecule is Cc1nccn1CC1CCN(C(=O)Nc2cccs2)CC1. The van der Waals surface area contributed by atoms with E-state index in [2.05, 4.69) is 14.9 Å². The predicted octanol–water partition coefficient (Wildman–Crippen LogP) is 3.20. The summed E-state index contributed by atoms with van der Waals surface area (Å²) in [4.78, 5) is 18.3. The molecule has 0 aromatic carbocycles. The molecule has 6 heteroatoms. The summed E-state index contributed by atoms with van der Waals surface area (Å²) in [6, 6.07) is 3.90. The van der Waals surface area contributed by atoms with Gasteiger partial charge in [0.05, 0.1) is 5.00 Å². The number of hydrogen-bond donors (Lipinski definition) is 1. The number of carbonyl (C=O) groups is 1. The van der Waals surface area contributed by atoms with Gasteiger partial charge in [-0.25, -0.2) is 9.78 Å². The van der Waals surface area contributed by atoms with Gasteiger partial charge in [0, 0.05) is 32.0 Å². The lowest BCUT2D eigenvalue weighted by Gasteiger charge is -2.32. The summed E-state index contributed by atoms with van der Waals surface area (Å²) in [6.07, 6.45) is 5.98. The van der Waals surface area contributed by atoms with Crippen molar-refractivity contribution in [3.05, 3.63) is 35.7 Å². The second-order valence-electron chi connectivity index (χ2n) is 5.46. The van der Waals surface area contributed by atoms with Crippen LogP contribution in [0.15, 0.2) is 29.9 Å². The Morgan fingerprint density at radius 2 is 2.29 bits per heavy atom. The molecule has 0 radical (unpaired) electrons. The van der Waals surface area contributed by atoms with E-state index in [9.17, 15) is 4.79 Å². The van der Waals surface area contributed by atoms with Crippen molar-refractivity contribution >= 4 is 22.4 Å². The number of likely N-dealkylation sites (tertiary alicyclic amines) is 1. The monoisotopic (exact) mass is 304 g/mol. The molecule has 0 bridgehead atoms. The number of nitrogens with one attached hydrogen (secondary N) is 1. The quantitative estimate of drug-likeness (QED) is 0.946. The van der Waals surface area contributed by atoms with E-state index in [1.807, 2.05) is 41.7 Å². The van der Waals surface area contributed by atoms with Crippen LogP contribution in [0.2, 0.25) is 0 Å². The zero-order valence-electron chi connectivity index (χ0n) is 12.2. The number of rotatable bonds is 3. The van der Waals surface area contributed by atoms with E-state index in [1.54, 1.807) is 11.3 Å². The highest BCUT2D eigenvalue weighted by atomic mass is 32.1. The lowest BCUT2D eigenvalue weighted by Crippen LogP contribution is -2.41. The van der Waals surface area contributed by atoms with Crippen molar-refractivity contribution in [3.8, 4) is 0 Å². The third-order valence-electron chi connectivity index (χ3n) is 4.03. The fraction of sp³-hybridized carbons (Fsp3) is 0.467. The van der Waals surface area contributed by atoms with E-state index in [4.69, 9.17) is 0 Å². The second-order valence-corrected chi connectivity index (χ2v) is 6.41. The summed E-state index contributed by atoms with van der Waals surface area (Å²) >= 11 is 1.55. The summed E-state index contributed by atoms with van der Waals surface area (Å²) in [5.74, 6) is 1.69. The van der Waals surface area contributed by atoms with Gasteiger partial charge in [0.2, 0.25) is 0 Å². The zero-order chi connectivity index (χ0) is 14.7. The van der Waals surface area contributed by atoms with Crippen LogP contribution in [0.4, 0.5) is 9.80 Å². The van der Waals surface area contributed by atoms with E-state index in [0.717, 1.165) is 43.3 Å². The van der Waals surface area contributed by atoms with Crippen LogP contribution in [0.5, 0.6) is 0 Å². The van der Waals surface area contributed by atoms with E-state index in [0.29, 0.717) is 5.92 Å². The van der Waals surface area contributed by atoms with Gasteiger partial charge in [-0.1, -0.05) is 0 Å². The normalized spacial score (nSPS) is 16.1. The number of nitrogens with zero attached hydrogens (tertiary/aromatic N) is 3. The molecular formula is C15H20N4OS. The van der Waals surface area contributed by atoms with Gasteiger partial charge in [0.15, 0.2) is 0 Å². The van der Waals surface area contributed by atoms with Crippen LogP contribution in [0.25, 0.3) is 0 Å². The number of aromatic nitrogens is 2. The lowest BCUT2D eigenvalue weighted by molar-refractivity contribution is 0.177. The Kier molecular flexibility index (Phi) is 4.24. The molecule has 1 aliphatic rings. The molecule has 1 aliphatic heterocycles. The molecule has 0 aliphatic carbocycles. The van der Waals surface area contributed by atoms with Crippen molar-refractivity contribution in [3.63, 3.8) is 0 Å². The number of thiophene rings is 1. The van der Waals surface area contributed by atoms with Crippen LogP contribution in [0.1, 0.15) is 18.7 Å². The molecule has 3 heterocycles. The van der Waals surface area contributed by atoms with Crippen LogP contribution >= 0.6 is 11.3 Å². The average Bonchev–Trinajstić information content (AvgIpc) is 3.12. The molecule has 2 aromatic heterocycles. The van der Waals surface area contributed by atoms with Gasteiger partial charge < -0.3 is 9.47 Å². The minimum Gasteiger partial charge on any atom is -0.335 e. The maximum Gasteiger partial charge on any atom is 0.322 e. The van der Waals surface area contributed by atoms with Crippen molar-refractivity contribution in [2.24, 2.45) is 5.92 Å². The van der Waals surface area contributed by atoms with Crippen LogP contribution in [0, 0.1) is 12.8 Å². The second kappa shape index (κ2) is 6.30. The third kappa shape index (κ3) is 3.44. The van der Waals surface area contributed by atoms with Crippen molar-refractivity contribution in [1.82, 2.24) is 14.5 Å². The Bertz CT molecular complexity index is 585. The van der Waals surface area contributed by atoms with Crippen molar-refractivity contribution in [2.45, 2.75) is 26.3 Å². The maximum absolute atomic E-state index is 12.1. The molecule has 3 rings (SSSR count). The Hall–Kier alpha value is -1.82. The number of urea groups is 1. The fourth-order valence-electron chi connectivity index (χ4n) is 2.73. The molecule has 1 saturated heterocycles. The molecule has 0 atom stereocenters. The van der Waals surface area contributed by atoms with E-state index in [1.165, 1.54) is 0 Å². The van der Waals surface area contributed by atoms with E-state index < -0.39 is 0 Å². The number of imidazole rings is 1. The number of aryl methyl sites for hydroxylation is 1. The summed E-state index contributed by atoms with van der Waals surface area (Å²) in [7, 11) is 0. The zero-order valence-corrected chi connectivity index (χ0v) is 13.0. The Balaban J connectivity index is 1.48. The highest BCUT2D eigenvalue weighted by molar-refractivity contribution is 7.14. The highest BCUT2D eigenvalue weighted by Gasteiger charge is 2.23. The number of hydrogen-bond acceptors (Lipinski definition) is 3. The summed E-state index contributed by atoms with van der Waals surface area (Å²) in [6.45, 7) is 4.70. The van der Waals surface area contributed by atoms with Crippen LogP contribution < -0.4 is 5.32 Å². The number of amides is 2. The van der Waals surface area contributed by atoms with Gasteiger partial charge in [0.25, 0.3) is 0 Å². The van der Waals surface area contributed by atoms with Gasteiger partial charge in [-0.3, -0.25) is 5.32 Å². The summed E-state index contributed by atoms with van der Waals surface area (Å²) in [5, 5.41) is 5.83. The van der Waals surface area contributed by atoms with E-state index >= 15 is 0 Å². The molecule has 5 nitrogen and oxygen atoms in total. The van der Waals surface area contributed by atoms with Gasteiger partial charge in [-0.2, -0.15) is 0 Å². The summed E-state index contributed by atoms with van der Waals surface area (Å²) < 4.78 is 2.20. The fourth-order valence-corrected chi connectivity index (χ4v) is 3.33. The first kappa shape index (κ1) is 14.1. The van der Waals surface area contributed by atoms with Crippen LogP contribution in [0.3, 0.4) is 0 Å². The first-order chi connectivity index (χ1) is 10.2. The van der Waals surface area contributed by atoms with Crippen molar-refractivity contribution < 1.29 is 4.79 Å². The highest BCUT2D eigenvalue weighted by Crippen LogP contribution is 2.21. The topological polar surface area (TPSA) is 50.2 Å². The molecular weight excluding hydrogens is 284 g/mol. The predicted molar refractivity (Wildman–Crippen MR) is 84.6 cm³/mol. The molecule has 0 spiro atoms. The average molecular weight is 304 g/mol. The van der Waals surface area contributed by atoms with E-state index in [-0.39, 0.29) is 6.03 Å². The van der Waals surface area contributed by atoms with Crippen LogP contribution in [-0.4, -0.2) is 33.6 Å². The molecule has 112 valence electrons. The van der Waals surface area contributed by atoms with Gasteiger partial charge in [-0.05, 0) is 43.2 Å². The standard InChI is InChI=1S/C15H20N4OS/c1-12-16-6-9-19(12)11-13-4-7-18(8-5-13)15(20)17-14-3-2-10-21-14/h2-3,6,9-10,13H,4-5,7-8,11H2,1H3,(H,17,20). The third-order valence-corrected chi connectivity index (χ3v) is 4.82. The number of piperidine rings is 1. The molecule has 2 aromatic rings. The van der Waals surface area contributed by atoms with Crippen molar-refractivity contribution in [1.29, 1.82) is 0 Å². The number of carbonyl (C=O) groups excluding carboxylic acids is 1. The first-order valence-electron chi connectivity index (χ1n) is 7.29. The van der Waals surface area contributed by atoms with Gasteiger partial charge in [0.1, 0.15) is 5.82 Å². The largest absolute Gasteiger partial charge is 0.335 e. The lowest BCUT2D eigenvalue weighted by atomic mass is 9.97. The maximum atomic E-state index is 12.1. The Morgan fingerprint density at radius 3 is 2.90 bits per heavy atom. The molecule has 0 unspecified atom stereocenters. The molecule has 1 N–H and O–H groups in total. The van der Waals surface area contributed by atoms with Gasteiger partial charge >= 0.3 is 6.03 Å². The van der Waals surface area contributed by atoms with Gasteiger partial charge in [-0.15, -0.1) is 11.3 Å².